The summed E-state index contributed by atoms with van der Waals surface area (Å²) in [6.07, 6.45) is 48.0. The van der Waals surface area contributed by atoms with Crippen molar-refractivity contribution in [3.63, 3.8) is 0 Å². The van der Waals surface area contributed by atoms with Crippen LogP contribution in [0, 0.1) is 0 Å². The molecule has 10 nitrogen and oxygen atoms in total. The summed E-state index contributed by atoms with van der Waals surface area (Å²) in [5.41, 5.74) is 5.36. The Morgan fingerprint density at radius 3 is 1.40 bits per heavy atom. The Balaban J connectivity index is 4.13. The van der Waals surface area contributed by atoms with Gasteiger partial charge in [0.05, 0.1) is 19.8 Å². The lowest BCUT2D eigenvalue weighted by Gasteiger charge is -2.20. The molecule has 0 spiro atoms. The van der Waals surface area contributed by atoms with Crippen LogP contribution < -0.4 is 5.73 Å². The van der Waals surface area contributed by atoms with Crippen LogP contribution in [-0.4, -0.2) is 60.5 Å². The van der Waals surface area contributed by atoms with Gasteiger partial charge in [-0.05, 0) is 44.9 Å². The Labute approximate surface area is 355 Å². The normalized spacial score (nSPS) is 14.0. The van der Waals surface area contributed by atoms with Gasteiger partial charge in [-0.1, -0.05) is 199 Å². The topological polar surface area (TPSA) is 155 Å². The molecule has 0 aromatic rings. The Kier molecular flexibility index (Phi) is 42.4. The average Bonchev–Trinajstić information content (AvgIpc) is 3.20. The minimum absolute atomic E-state index is 0.0191. The maximum absolute atomic E-state index is 12.6. The molecule has 0 bridgehead atoms. The zero-order valence-corrected chi connectivity index (χ0v) is 38.3. The number of hydrogen-bond donors (Lipinski definition) is 3. The van der Waals surface area contributed by atoms with Crippen molar-refractivity contribution in [1.29, 1.82) is 0 Å². The molecular formula is C47H90NO9P. The lowest BCUT2D eigenvalue weighted by molar-refractivity contribution is -0.154. The number of hydrogen-bond acceptors (Lipinski definition) is 8. The number of unbranched alkanes of at least 4 members (excludes halogenated alkanes) is 28. The molecule has 0 aromatic heterocycles. The second-order valence-corrected chi connectivity index (χ2v) is 17.7. The predicted octanol–water partition coefficient (Wildman–Crippen LogP) is 13.5. The van der Waals surface area contributed by atoms with Crippen LogP contribution in [0.2, 0.25) is 0 Å². The first-order chi connectivity index (χ1) is 28.2. The lowest BCUT2D eigenvalue weighted by atomic mass is 10.0. The van der Waals surface area contributed by atoms with Crippen molar-refractivity contribution in [2.45, 2.75) is 238 Å². The number of phosphoric ester groups is 1. The molecular weight excluding hydrogens is 753 g/mol. The quantitative estimate of drug-likeness (QED) is 0.0233. The number of esters is 1. The number of allylic oxidation sites excluding steroid dienone is 4. The number of carboxylic acids is 1. The van der Waals surface area contributed by atoms with Crippen molar-refractivity contribution in [2.24, 2.45) is 5.73 Å². The van der Waals surface area contributed by atoms with Crippen LogP contribution in [0.15, 0.2) is 24.3 Å². The number of carboxylic acid groups (broad SMARTS) is 1. The molecule has 3 unspecified atom stereocenters. The zero-order valence-electron chi connectivity index (χ0n) is 37.4. The van der Waals surface area contributed by atoms with Gasteiger partial charge in [0.15, 0.2) is 0 Å². The summed E-state index contributed by atoms with van der Waals surface area (Å²) in [6, 6.07) is -1.47. The standard InChI is InChI=1S/C47H90NO9P/c1-3-5-7-9-11-13-15-17-19-20-21-22-23-24-25-26-28-30-32-34-36-38-40-54-41-44(42-55-58(52,53)56-43-45(48)47(50)51)57-46(49)39-37-35-33-31-29-27-18-16-14-12-10-8-6-4-2/h15,17,20-21,44-45H,3-14,16,18-19,22-43,48H2,1-2H3,(H,50,51)(H,52,53)/b17-15-,21-20-. The third-order valence-corrected chi connectivity index (χ3v) is 11.4. The van der Waals surface area contributed by atoms with Crippen LogP contribution in [0.1, 0.15) is 226 Å². The fourth-order valence-corrected chi connectivity index (χ4v) is 7.53. The molecule has 0 radical (unpaired) electrons. The molecule has 4 N–H and O–H groups in total. The van der Waals surface area contributed by atoms with Gasteiger partial charge in [-0.3, -0.25) is 18.6 Å². The van der Waals surface area contributed by atoms with Crippen molar-refractivity contribution >= 4 is 19.8 Å². The highest BCUT2D eigenvalue weighted by atomic mass is 31.2. The van der Waals surface area contributed by atoms with Crippen LogP contribution in [0.5, 0.6) is 0 Å². The Morgan fingerprint density at radius 2 is 0.948 bits per heavy atom. The Hall–Kier alpha value is -1.55. The number of aliphatic carboxylic acids is 1. The van der Waals surface area contributed by atoms with Crippen molar-refractivity contribution in [1.82, 2.24) is 0 Å². The van der Waals surface area contributed by atoms with Crippen LogP contribution in [0.4, 0.5) is 0 Å². The molecule has 0 aliphatic rings. The summed E-state index contributed by atoms with van der Waals surface area (Å²) in [4.78, 5) is 33.6. The molecule has 11 heteroatoms. The SMILES string of the molecule is CCCCCCC/C=C\C/C=C\CCCCCCCCCCCCOCC(COP(=O)(O)OCC(N)C(=O)O)OC(=O)CCCCCCCCCCCCCCCC. The van der Waals surface area contributed by atoms with E-state index in [2.05, 4.69) is 38.2 Å². The van der Waals surface area contributed by atoms with Crippen molar-refractivity contribution < 1.29 is 42.7 Å². The maximum Gasteiger partial charge on any atom is 0.472 e. The Bertz CT molecular complexity index is 1020. The van der Waals surface area contributed by atoms with Crippen LogP contribution in [0.3, 0.4) is 0 Å². The number of ether oxygens (including phenoxy) is 2. The molecule has 342 valence electrons. The van der Waals surface area contributed by atoms with Crippen molar-refractivity contribution in [2.75, 3.05) is 26.4 Å². The van der Waals surface area contributed by atoms with Crippen LogP contribution >= 0.6 is 7.82 Å². The smallest absolute Gasteiger partial charge is 0.472 e. The van der Waals surface area contributed by atoms with Crippen molar-refractivity contribution in [3.8, 4) is 0 Å². The van der Waals surface area contributed by atoms with E-state index in [9.17, 15) is 19.0 Å². The fraction of sp³-hybridized carbons (Fsp3) is 0.872. The monoisotopic (exact) mass is 844 g/mol. The van der Waals surface area contributed by atoms with Gasteiger partial charge in [-0.25, -0.2) is 4.57 Å². The summed E-state index contributed by atoms with van der Waals surface area (Å²) in [5.74, 6) is -1.77. The van der Waals surface area contributed by atoms with E-state index in [-0.39, 0.29) is 13.0 Å². The third-order valence-electron chi connectivity index (χ3n) is 10.5. The van der Waals surface area contributed by atoms with Gasteiger partial charge in [0.2, 0.25) is 0 Å². The largest absolute Gasteiger partial charge is 0.480 e. The Morgan fingerprint density at radius 1 is 0.552 bits per heavy atom. The molecule has 0 aliphatic heterocycles. The van der Waals surface area contributed by atoms with E-state index in [4.69, 9.17) is 29.4 Å². The molecule has 3 atom stereocenters. The maximum atomic E-state index is 12.6. The molecule has 58 heavy (non-hydrogen) atoms. The molecule has 0 rings (SSSR count). The first-order valence-electron chi connectivity index (χ1n) is 23.9. The summed E-state index contributed by atoms with van der Waals surface area (Å²) < 4.78 is 33.4. The van der Waals surface area contributed by atoms with E-state index in [0.717, 1.165) is 44.9 Å². The summed E-state index contributed by atoms with van der Waals surface area (Å²) in [6.45, 7) is 3.90. The van der Waals surface area contributed by atoms with E-state index in [0.29, 0.717) is 6.61 Å². The third kappa shape index (κ3) is 42.6. The fourth-order valence-electron chi connectivity index (χ4n) is 6.75. The van der Waals surface area contributed by atoms with Gasteiger partial charge < -0.3 is 25.2 Å². The molecule has 0 amide bonds. The van der Waals surface area contributed by atoms with E-state index < -0.39 is 45.1 Å². The summed E-state index contributed by atoms with van der Waals surface area (Å²) in [7, 11) is -4.61. The second kappa shape index (κ2) is 43.5. The number of rotatable bonds is 46. The minimum Gasteiger partial charge on any atom is -0.480 e. The number of carbonyl (C=O) groups excluding carboxylic acids is 1. The highest BCUT2D eigenvalue weighted by molar-refractivity contribution is 7.47. The number of carbonyl (C=O) groups is 2. The molecule has 0 saturated carbocycles. The van der Waals surface area contributed by atoms with Crippen LogP contribution in [0.25, 0.3) is 0 Å². The lowest BCUT2D eigenvalue weighted by Crippen LogP contribution is -2.34. The molecule has 0 fully saturated rings. The minimum atomic E-state index is -4.61. The average molecular weight is 844 g/mol. The van der Waals surface area contributed by atoms with E-state index in [1.165, 1.54) is 161 Å². The van der Waals surface area contributed by atoms with Gasteiger partial charge >= 0.3 is 19.8 Å². The molecule has 0 heterocycles. The van der Waals surface area contributed by atoms with E-state index in [1.54, 1.807) is 0 Å². The summed E-state index contributed by atoms with van der Waals surface area (Å²) in [5, 5.41) is 8.91. The van der Waals surface area contributed by atoms with Crippen LogP contribution in [-0.2, 0) is 32.7 Å². The predicted molar refractivity (Wildman–Crippen MR) is 240 cm³/mol. The molecule has 0 aromatic carbocycles. The highest BCUT2D eigenvalue weighted by Gasteiger charge is 2.27. The first kappa shape index (κ1) is 56.5. The molecule has 0 saturated heterocycles. The molecule has 0 aliphatic carbocycles. The van der Waals surface area contributed by atoms with E-state index in [1.807, 2.05) is 0 Å². The number of nitrogens with two attached hydrogens (primary N) is 1. The first-order valence-corrected chi connectivity index (χ1v) is 25.4. The second-order valence-electron chi connectivity index (χ2n) is 16.2. The highest BCUT2D eigenvalue weighted by Crippen LogP contribution is 2.43. The van der Waals surface area contributed by atoms with Gasteiger partial charge in [-0.15, -0.1) is 0 Å². The van der Waals surface area contributed by atoms with Gasteiger partial charge in [0.1, 0.15) is 12.1 Å². The van der Waals surface area contributed by atoms with Gasteiger partial charge in [-0.2, -0.15) is 0 Å². The van der Waals surface area contributed by atoms with E-state index >= 15 is 0 Å². The van der Waals surface area contributed by atoms with Gasteiger partial charge in [0, 0.05) is 13.0 Å². The van der Waals surface area contributed by atoms with Gasteiger partial charge in [0.25, 0.3) is 0 Å². The number of phosphoric acid groups is 1. The summed E-state index contributed by atoms with van der Waals surface area (Å²) >= 11 is 0. The zero-order chi connectivity index (χ0) is 42.6. The van der Waals surface area contributed by atoms with Crippen molar-refractivity contribution in [3.05, 3.63) is 24.3 Å².